The monoisotopic (exact) mass is 337 g/mol. The van der Waals surface area contributed by atoms with Gasteiger partial charge in [-0.3, -0.25) is 0 Å². The number of hydrogen-bond acceptors (Lipinski definition) is 2. The second kappa shape index (κ2) is 5.75. The van der Waals surface area contributed by atoms with E-state index in [0.717, 1.165) is 22.7 Å². The van der Waals surface area contributed by atoms with Crippen LogP contribution in [0.4, 0.5) is 5.69 Å². The third-order valence-corrected chi connectivity index (χ3v) is 5.24. The maximum absolute atomic E-state index is 9.19. The summed E-state index contributed by atoms with van der Waals surface area (Å²) in [4.78, 5) is 3.28. The Labute approximate surface area is 149 Å². The van der Waals surface area contributed by atoms with Crippen LogP contribution >= 0.6 is 12.2 Å². The Bertz CT molecular complexity index is 852. The Hall–Kier alpha value is -2.12. The van der Waals surface area contributed by atoms with Gasteiger partial charge in [-0.05, 0) is 54.7 Å². The number of rotatable bonds is 2. The van der Waals surface area contributed by atoms with Gasteiger partial charge in [0.2, 0.25) is 0 Å². The molecule has 124 valence electrons. The fourth-order valence-corrected chi connectivity index (χ4v) is 4.29. The zero-order valence-corrected chi connectivity index (χ0v) is 15.7. The predicted octanol–water partition coefficient (Wildman–Crippen LogP) is 4.79. The lowest BCUT2D eigenvalue weighted by molar-refractivity contribution is 0.532. The second-order valence-electron chi connectivity index (χ2n) is 7.42. The number of nitriles is 1. The smallest absolute Gasteiger partial charge is 0.120 e. The van der Waals surface area contributed by atoms with Gasteiger partial charge >= 0.3 is 0 Å². The normalized spacial score (nSPS) is 16.2. The SMILES string of the molecule is CC(C)N1C(=S)CC(C)(C)c2cc(-c3ccc(C#N)n3C)ccc21. The highest BCUT2D eigenvalue weighted by Crippen LogP contribution is 2.43. The number of nitrogens with zero attached hydrogens (tertiary/aromatic N) is 3. The Balaban J connectivity index is 2.18. The summed E-state index contributed by atoms with van der Waals surface area (Å²) in [7, 11) is 1.94. The minimum Gasteiger partial charge on any atom is -0.335 e. The lowest BCUT2D eigenvalue weighted by atomic mass is 9.76. The molecule has 0 bridgehead atoms. The van der Waals surface area contributed by atoms with Crippen molar-refractivity contribution < 1.29 is 0 Å². The van der Waals surface area contributed by atoms with E-state index in [2.05, 4.69) is 56.9 Å². The maximum atomic E-state index is 9.19. The molecule has 24 heavy (non-hydrogen) atoms. The fourth-order valence-electron chi connectivity index (χ4n) is 3.62. The molecular weight excluding hydrogens is 314 g/mol. The molecule has 0 aliphatic carbocycles. The van der Waals surface area contributed by atoms with Gasteiger partial charge in [0.15, 0.2) is 0 Å². The van der Waals surface area contributed by atoms with Gasteiger partial charge in [0.1, 0.15) is 11.8 Å². The number of aromatic nitrogens is 1. The average molecular weight is 337 g/mol. The van der Waals surface area contributed by atoms with Crippen molar-refractivity contribution in [3.63, 3.8) is 0 Å². The van der Waals surface area contributed by atoms with Crippen molar-refractivity contribution in [3.05, 3.63) is 41.6 Å². The first-order valence-electron chi connectivity index (χ1n) is 8.29. The van der Waals surface area contributed by atoms with E-state index in [9.17, 15) is 5.26 Å². The van der Waals surface area contributed by atoms with Gasteiger partial charge < -0.3 is 9.47 Å². The van der Waals surface area contributed by atoms with Gasteiger partial charge in [0.25, 0.3) is 0 Å². The number of hydrogen-bond donors (Lipinski definition) is 0. The highest BCUT2D eigenvalue weighted by molar-refractivity contribution is 7.80. The molecule has 0 fully saturated rings. The van der Waals surface area contributed by atoms with Gasteiger partial charge in [-0.1, -0.05) is 32.1 Å². The Kier molecular flexibility index (Phi) is 4.01. The van der Waals surface area contributed by atoms with Gasteiger partial charge in [0.05, 0.1) is 4.99 Å². The van der Waals surface area contributed by atoms with E-state index in [1.807, 2.05) is 23.7 Å². The van der Waals surface area contributed by atoms with Crippen LogP contribution < -0.4 is 4.90 Å². The largest absolute Gasteiger partial charge is 0.335 e. The molecule has 0 saturated heterocycles. The number of fused-ring (bicyclic) bond motifs is 1. The molecule has 2 aromatic rings. The molecule has 2 heterocycles. The molecule has 0 atom stereocenters. The highest BCUT2D eigenvalue weighted by Gasteiger charge is 2.35. The maximum Gasteiger partial charge on any atom is 0.120 e. The van der Waals surface area contributed by atoms with Gasteiger partial charge in [-0.2, -0.15) is 5.26 Å². The summed E-state index contributed by atoms with van der Waals surface area (Å²) < 4.78 is 1.95. The van der Waals surface area contributed by atoms with E-state index in [1.54, 1.807) is 0 Å². The van der Waals surface area contributed by atoms with E-state index < -0.39 is 0 Å². The standard InChI is InChI=1S/C20H23N3S/c1-13(2)23-18-8-6-14(17-9-7-15(12-21)22(17)5)10-16(18)20(3,4)11-19(23)24/h6-10,13H,11H2,1-5H3. The first-order valence-corrected chi connectivity index (χ1v) is 8.70. The van der Waals surface area contributed by atoms with Crippen molar-refractivity contribution in [2.24, 2.45) is 7.05 Å². The van der Waals surface area contributed by atoms with Crippen LogP contribution in [-0.4, -0.2) is 15.6 Å². The lowest BCUT2D eigenvalue weighted by Crippen LogP contribution is -2.44. The van der Waals surface area contributed by atoms with E-state index in [1.165, 1.54) is 11.3 Å². The molecule has 0 spiro atoms. The summed E-state index contributed by atoms with van der Waals surface area (Å²) >= 11 is 5.68. The summed E-state index contributed by atoms with van der Waals surface area (Å²) in [6, 6.07) is 13.0. The Morgan fingerprint density at radius 1 is 1.21 bits per heavy atom. The van der Waals surface area contributed by atoms with Crippen LogP contribution in [0.3, 0.4) is 0 Å². The molecule has 3 nitrogen and oxygen atoms in total. The predicted molar refractivity (Wildman–Crippen MR) is 103 cm³/mol. The van der Waals surface area contributed by atoms with Crippen molar-refractivity contribution in [3.8, 4) is 17.3 Å². The van der Waals surface area contributed by atoms with E-state index in [-0.39, 0.29) is 5.41 Å². The molecule has 0 radical (unpaired) electrons. The van der Waals surface area contributed by atoms with Crippen LogP contribution in [-0.2, 0) is 12.5 Å². The summed E-state index contributed by atoms with van der Waals surface area (Å²) in [5, 5.41) is 9.19. The number of thiocarbonyl (C=S) groups is 1. The van der Waals surface area contributed by atoms with Crippen LogP contribution in [0.15, 0.2) is 30.3 Å². The number of benzene rings is 1. The van der Waals surface area contributed by atoms with Crippen molar-refractivity contribution in [2.45, 2.75) is 45.6 Å². The first kappa shape index (κ1) is 16.7. The van der Waals surface area contributed by atoms with Gasteiger partial charge in [-0.25, -0.2) is 0 Å². The van der Waals surface area contributed by atoms with Crippen LogP contribution in [0, 0.1) is 11.3 Å². The van der Waals surface area contributed by atoms with Crippen LogP contribution in [0.1, 0.15) is 45.4 Å². The van der Waals surface area contributed by atoms with Gasteiger partial charge in [-0.15, -0.1) is 0 Å². The highest BCUT2D eigenvalue weighted by atomic mass is 32.1. The fraction of sp³-hybridized carbons (Fsp3) is 0.400. The third kappa shape index (κ3) is 2.53. The summed E-state index contributed by atoms with van der Waals surface area (Å²) in [5.74, 6) is 0. The van der Waals surface area contributed by atoms with Crippen LogP contribution in [0.2, 0.25) is 0 Å². The molecule has 1 aliphatic rings. The Morgan fingerprint density at radius 3 is 2.50 bits per heavy atom. The number of anilines is 1. The minimum absolute atomic E-state index is 0.0110. The van der Waals surface area contributed by atoms with E-state index in [0.29, 0.717) is 11.7 Å². The summed E-state index contributed by atoms with van der Waals surface area (Å²) in [6.45, 7) is 8.87. The van der Waals surface area contributed by atoms with E-state index >= 15 is 0 Å². The topological polar surface area (TPSA) is 32.0 Å². The van der Waals surface area contributed by atoms with Crippen molar-refractivity contribution in [2.75, 3.05) is 4.90 Å². The second-order valence-corrected chi connectivity index (χ2v) is 7.90. The van der Waals surface area contributed by atoms with Crippen molar-refractivity contribution in [1.82, 2.24) is 4.57 Å². The molecular formula is C20H23N3S. The Morgan fingerprint density at radius 2 is 1.92 bits per heavy atom. The molecule has 4 heteroatoms. The van der Waals surface area contributed by atoms with Crippen molar-refractivity contribution in [1.29, 1.82) is 5.26 Å². The quantitative estimate of drug-likeness (QED) is 0.739. The molecule has 0 N–H and O–H groups in total. The first-order chi connectivity index (χ1) is 11.3. The summed E-state index contributed by atoms with van der Waals surface area (Å²) in [6.07, 6.45) is 0.882. The molecule has 0 unspecified atom stereocenters. The van der Waals surface area contributed by atoms with E-state index in [4.69, 9.17) is 12.2 Å². The van der Waals surface area contributed by atoms with Crippen LogP contribution in [0.5, 0.6) is 0 Å². The molecule has 0 saturated carbocycles. The average Bonchev–Trinajstić information content (AvgIpc) is 2.87. The molecule has 1 aliphatic heterocycles. The zero-order valence-electron chi connectivity index (χ0n) is 14.9. The molecule has 1 aromatic carbocycles. The van der Waals surface area contributed by atoms with Gasteiger partial charge in [0, 0.05) is 30.9 Å². The third-order valence-electron chi connectivity index (χ3n) is 4.90. The molecule has 0 amide bonds. The lowest BCUT2D eigenvalue weighted by Gasteiger charge is -2.42. The molecule has 3 rings (SSSR count). The van der Waals surface area contributed by atoms with Crippen molar-refractivity contribution >= 4 is 22.9 Å². The zero-order chi connectivity index (χ0) is 17.6. The summed E-state index contributed by atoms with van der Waals surface area (Å²) in [5.41, 5.74) is 5.42. The minimum atomic E-state index is 0.0110. The van der Waals surface area contributed by atoms with Crippen LogP contribution in [0.25, 0.3) is 11.3 Å². The molecule has 1 aromatic heterocycles.